The summed E-state index contributed by atoms with van der Waals surface area (Å²) in [5.74, 6) is -0.834. The van der Waals surface area contributed by atoms with Gasteiger partial charge in [-0.1, -0.05) is 23.5 Å². The molecule has 0 spiro atoms. The van der Waals surface area contributed by atoms with Gasteiger partial charge in [-0.25, -0.2) is 9.78 Å². The molecule has 0 aliphatic heterocycles. The van der Waals surface area contributed by atoms with Crippen LogP contribution < -0.4 is 10.1 Å². The van der Waals surface area contributed by atoms with Crippen molar-refractivity contribution in [2.24, 2.45) is 0 Å². The molecule has 150 valence electrons. The molecular weight excluding hydrogens is 392 g/mol. The maximum atomic E-state index is 12.1. The number of carbonyl (C=O) groups excluding carboxylic acids is 2. The first-order chi connectivity index (χ1) is 13.9. The Hall–Kier alpha value is -3.39. The smallest absolute Gasteiger partial charge is 0.331 e. The molecular formula is C21H20N2O5S. The lowest BCUT2D eigenvalue weighted by molar-refractivity contribution is -0.142. The number of nitrogens with zero attached hydrogens (tertiary/aromatic N) is 1. The number of fused-ring (bicyclic) bond motifs is 1. The number of nitrogens with one attached hydrogen (secondary N) is 1. The molecule has 8 heteroatoms. The highest BCUT2D eigenvalue weighted by molar-refractivity contribution is 7.22. The van der Waals surface area contributed by atoms with E-state index >= 15 is 0 Å². The molecule has 1 aromatic heterocycles. The Bertz CT molecular complexity index is 1100. The predicted molar refractivity (Wildman–Crippen MR) is 112 cm³/mol. The zero-order valence-electron chi connectivity index (χ0n) is 16.2. The van der Waals surface area contributed by atoms with Gasteiger partial charge in [0, 0.05) is 6.08 Å². The van der Waals surface area contributed by atoms with E-state index in [1.165, 1.54) is 36.7 Å². The third kappa shape index (κ3) is 5.11. The highest BCUT2D eigenvalue weighted by Crippen LogP contribution is 2.29. The standard InChI is InChI=1S/C21H20N2O5S/c1-12-8-13(2)20-17(9-12)29-21(23-20)22-18(25)11-28-19(26)7-5-14-4-6-15(24)16(10-14)27-3/h4-10,24H,11H2,1-3H3,(H,22,23,25)/b7-5+. The molecule has 29 heavy (non-hydrogen) atoms. The van der Waals surface area contributed by atoms with Crippen LogP contribution in [0.2, 0.25) is 0 Å². The Morgan fingerprint density at radius 2 is 2.03 bits per heavy atom. The molecule has 1 heterocycles. The number of amides is 1. The minimum absolute atomic E-state index is 0.00380. The molecule has 2 aromatic carbocycles. The molecule has 0 aliphatic rings. The number of carbonyl (C=O) groups is 2. The lowest BCUT2D eigenvalue weighted by atomic mass is 10.1. The fraction of sp³-hybridized carbons (Fsp3) is 0.190. The van der Waals surface area contributed by atoms with Crippen molar-refractivity contribution in [3.05, 3.63) is 53.1 Å². The number of rotatable bonds is 6. The van der Waals surface area contributed by atoms with Crippen LogP contribution in [0.25, 0.3) is 16.3 Å². The SMILES string of the molecule is COc1cc(/C=C/C(=O)OCC(=O)Nc2nc3c(C)cc(C)cc3s2)ccc1O. The number of phenols is 1. The van der Waals surface area contributed by atoms with Crippen LogP contribution in [0.1, 0.15) is 16.7 Å². The molecule has 0 unspecified atom stereocenters. The van der Waals surface area contributed by atoms with Crippen LogP contribution in [0, 0.1) is 13.8 Å². The van der Waals surface area contributed by atoms with Crippen LogP contribution in [-0.4, -0.2) is 35.7 Å². The van der Waals surface area contributed by atoms with E-state index in [-0.39, 0.29) is 5.75 Å². The zero-order valence-corrected chi connectivity index (χ0v) is 17.0. The summed E-state index contributed by atoms with van der Waals surface area (Å²) in [5.41, 5.74) is 3.66. The van der Waals surface area contributed by atoms with Crippen molar-refractivity contribution in [3.63, 3.8) is 0 Å². The fourth-order valence-electron chi connectivity index (χ4n) is 2.73. The second-order valence-electron chi connectivity index (χ2n) is 6.37. The van der Waals surface area contributed by atoms with Gasteiger partial charge in [0.2, 0.25) is 0 Å². The maximum Gasteiger partial charge on any atom is 0.331 e. The van der Waals surface area contributed by atoms with Gasteiger partial charge in [-0.2, -0.15) is 0 Å². The normalized spacial score (nSPS) is 11.0. The number of phenolic OH excluding ortho intramolecular Hbond substituents is 1. The molecule has 7 nitrogen and oxygen atoms in total. The second-order valence-corrected chi connectivity index (χ2v) is 7.40. The summed E-state index contributed by atoms with van der Waals surface area (Å²) < 4.78 is 10.9. The molecule has 0 saturated carbocycles. The van der Waals surface area contributed by atoms with E-state index in [2.05, 4.69) is 10.3 Å². The predicted octanol–water partition coefficient (Wildman–Crippen LogP) is 3.82. The number of aromatic hydroxyl groups is 1. The van der Waals surface area contributed by atoms with Crippen molar-refractivity contribution in [1.29, 1.82) is 0 Å². The molecule has 3 aromatic rings. The minimum Gasteiger partial charge on any atom is -0.504 e. The van der Waals surface area contributed by atoms with E-state index in [4.69, 9.17) is 9.47 Å². The largest absolute Gasteiger partial charge is 0.504 e. The van der Waals surface area contributed by atoms with E-state index in [9.17, 15) is 14.7 Å². The molecule has 0 aliphatic carbocycles. The van der Waals surface area contributed by atoms with Gasteiger partial charge in [0.1, 0.15) is 0 Å². The van der Waals surface area contributed by atoms with Crippen LogP contribution in [0.15, 0.2) is 36.4 Å². The molecule has 0 bridgehead atoms. The molecule has 1 amide bonds. The van der Waals surface area contributed by atoms with Crippen molar-refractivity contribution in [3.8, 4) is 11.5 Å². The first-order valence-electron chi connectivity index (χ1n) is 8.75. The van der Waals surface area contributed by atoms with E-state index in [1.54, 1.807) is 12.1 Å². The van der Waals surface area contributed by atoms with Gasteiger partial charge in [-0.3, -0.25) is 10.1 Å². The molecule has 0 saturated heterocycles. The maximum absolute atomic E-state index is 12.1. The lowest BCUT2D eigenvalue weighted by Crippen LogP contribution is -2.20. The average Bonchev–Trinajstić information content (AvgIpc) is 3.08. The Kier molecular flexibility index (Phi) is 6.13. The van der Waals surface area contributed by atoms with Crippen LogP contribution in [0.3, 0.4) is 0 Å². The molecule has 0 radical (unpaired) electrons. The number of anilines is 1. The van der Waals surface area contributed by atoms with Crippen LogP contribution in [0.5, 0.6) is 11.5 Å². The Morgan fingerprint density at radius 3 is 2.79 bits per heavy atom. The summed E-state index contributed by atoms with van der Waals surface area (Å²) in [5, 5.41) is 12.7. The quantitative estimate of drug-likeness (QED) is 0.472. The third-order valence-electron chi connectivity index (χ3n) is 4.04. The van der Waals surface area contributed by atoms with Crippen molar-refractivity contribution in [2.45, 2.75) is 13.8 Å². The van der Waals surface area contributed by atoms with Crippen molar-refractivity contribution in [2.75, 3.05) is 19.0 Å². The number of thiazole rings is 1. The van der Waals surface area contributed by atoms with Gasteiger partial charge in [0.15, 0.2) is 23.2 Å². The van der Waals surface area contributed by atoms with E-state index < -0.39 is 18.5 Å². The number of benzene rings is 2. The van der Waals surface area contributed by atoms with Crippen LogP contribution in [-0.2, 0) is 14.3 Å². The summed E-state index contributed by atoms with van der Waals surface area (Å²) >= 11 is 1.37. The summed E-state index contributed by atoms with van der Waals surface area (Å²) in [6.45, 7) is 3.56. The number of methoxy groups -OCH3 is 1. The first kappa shape index (κ1) is 20.3. The summed E-state index contributed by atoms with van der Waals surface area (Å²) in [6, 6.07) is 8.69. The first-order valence-corrected chi connectivity index (χ1v) is 9.57. The van der Waals surface area contributed by atoms with E-state index in [0.29, 0.717) is 16.4 Å². The number of esters is 1. The summed E-state index contributed by atoms with van der Waals surface area (Å²) in [4.78, 5) is 28.3. The molecule has 3 rings (SSSR count). The van der Waals surface area contributed by atoms with Crippen LogP contribution in [0.4, 0.5) is 5.13 Å². The Labute approximate surface area is 171 Å². The monoisotopic (exact) mass is 412 g/mol. The molecule has 0 atom stereocenters. The van der Waals surface area contributed by atoms with Crippen molar-refractivity contribution in [1.82, 2.24) is 4.98 Å². The average molecular weight is 412 g/mol. The Balaban J connectivity index is 1.55. The zero-order chi connectivity index (χ0) is 21.0. The number of aryl methyl sites for hydroxylation is 2. The van der Waals surface area contributed by atoms with Gasteiger partial charge in [0.05, 0.1) is 17.3 Å². The van der Waals surface area contributed by atoms with Crippen molar-refractivity contribution < 1.29 is 24.2 Å². The summed E-state index contributed by atoms with van der Waals surface area (Å²) in [7, 11) is 1.43. The number of aromatic nitrogens is 1. The van der Waals surface area contributed by atoms with Crippen LogP contribution >= 0.6 is 11.3 Å². The van der Waals surface area contributed by atoms with Gasteiger partial charge >= 0.3 is 5.97 Å². The highest BCUT2D eigenvalue weighted by Gasteiger charge is 2.11. The third-order valence-corrected chi connectivity index (χ3v) is 4.96. The van der Waals surface area contributed by atoms with Gasteiger partial charge in [-0.05, 0) is 54.8 Å². The highest BCUT2D eigenvalue weighted by atomic mass is 32.1. The second kappa shape index (κ2) is 8.74. The van der Waals surface area contributed by atoms with Gasteiger partial charge < -0.3 is 14.6 Å². The Morgan fingerprint density at radius 1 is 1.24 bits per heavy atom. The van der Waals surface area contributed by atoms with Gasteiger partial charge in [0.25, 0.3) is 5.91 Å². The molecule has 2 N–H and O–H groups in total. The summed E-state index contributed by atoms with van der Waals surface area (Å²) in [6.07, 6.45) is 2.70. The van der Waals surface area contributed by atoms with Gasteiger partial charge in [-0.15, -0.1) is 0 Å². The van der Waals surface area contributed by atoms with Crippen molar-refractivity contribution >= 4 is 44.6 Å². The number of hydrogen-bond acceptors (Lipinski definition) is 7. The number of ether oxygens (including phenoxy) is 2. The van der Waals surface area contributed by atoms with E-state index in [1.807, 2.05) is 26.0 Å². The minimum atomic E-state index is -0.664. The topological polar surface area (TPSA) is 97.8 Å². The lowest BCUT2D eigenvalue weighted by Gasteiger charge is -2.04. The van der Waals surface area contributed by atoms with E-state index in [0.717, 1.165) is 21.3 Å². The molecule has 0 fully saturated rings. The fourth-order valence-corrected chi connectivity index (χ4v) is 3.78. The number of hydrogen-bond donors (Lipinski definition) is 2.